The lowest BCUT2D eigenvalue weighted by Gasteiger charge is -2.10. The fourth-order valence-electron chi connectivity index (χ4n) is 1.55. The van der Waals surface area contributed by atoms with Gasteiger partial charge in [-0.1, -0.05) is 0 Å². The Balaban J connectivity index is 2.31. The number of methoxy groups -OCH3 is 1. The number of rotatable bonds is 4. The lowest BCUT2D eigenvalue weighted by Crippen LogP contribution is -2.13. The molecule has 0 unspecified atom stereocenters. The Morgan fingerprint density at radius 3 is 2.65 bits per heavy atom. The van der Waals surface area contributed by atoms with E-state index in [-0.39, 0.29) is 16.3 Å². The van der Waals surface area contributed by atoms with E-state index in [9.17, 15) is 12.8 Å². The normalized spacial score (nSPS) is 11.1. The van der Waals surface area contributed by atoms with Gasteiger partial charge in [-0.25, -0.2) is 12.8 Å². The second kappa shape index (κ2) is 5.33. The number of halogens is 1. The van der Waals surface area contributed by atoms with Gasteiger partial charge in [-0.3, -0.25) is 9.71 Å². The summed E-state index contributed by atoms with van der Waals surface area (Å²) < 4.78 is 44.3. The molecule has 0 saturated heterocycles. The number of hydrogen-bond donors (Lipinski definition) is 2. The summed E-state index contributed by atoms with van der Waals surface area (Å²) >= 11 is 0. The van der Waals surface area contributed by atoms with Crippen molar-refractivity contribution in [2.45, 2.75) is 4.90 Å². The monoisotopic (exact) mass is 297 g/mol. The molecule has 8 heteroatoms. The first-order valence-corrected chi connectivity index (χ1v) is 6.97. The average Bonchev–Trinajstić information content (AvgIpc) is 2.38. The number of sulfonamides is 1. The van der Waals surface area contributed by atoms with Gasteiger partial charge < -0.3 is 10.5 Å². The molecule has 0 atom stereocenters. The number of aromatic nitrogens is 1. The van der Waals surface area contributed by atoms with Crippen LogP contribution in [0.5, 0.6) is 5.75 Å². The van der Waals surface area contributed by atoms with E-state index in [0.717, 1.165) is 18.5 Å². The van der Waals surface area contributed by atoms with E-state index in [1.807, 2.05) is 0 Å². The molecule has 0 fully saturated rings. The molecule has 1 heterocycles. The van der Waals surface area contributed by atoms with Gasteiger partial charge in [0.05, 0.1) is 24.7 Å². The molecule has 0 aliphatic heterocycles. The van der Waals surface area contributed by atoms with E-state index >= 15 is 0 Å². The van der Waals surface area contributed by atoms with Crippen molar-refractivity contribution in [3.8, 4) is 5.75 Å². The number of nitrogens with one attached hydrogen (secondary N) is 1. The topological polar surface area (TPSA) is 94.3 Å². The number of pyridine rings is 1. The molecular formula is C12H12FN3O3S. The molecule has 0 bridgehead atoms. The third kappa shape index (κ3) is 2.97. The number of nitrogens with zero attached hydrogens (tertiary/aromatic N) is 1. The minimum absolute atomic E-state index is 0.243. The quantitative estimate of drug-likeness (QED) is 0.836. The van der Waals surface area contributed by atoms with Crippen molar-refractivity contribution in [3.63, 3.8) is 0 Å². The van der Waals surface area contributed by atoms with Gasteiger partial charge in [0.1, 0.15) is 16.5 Å². The number of benzene rings is 1. The van der Waals surface area contributed by atoms with Crippen molar-refractivity contribution in [1.29, 1.82) is 0 Å². The Morgan fingerprint density at radius 1 is 1.30 bits per heavy atom. The van der Waals surface area contributed by atoms with Gasteiger partial charge in [0.15, 0.2) is 0 Å². The summed E-state index contributed by atoms with van der Waals surface area (Å²) in [6.07, 6.45) is 1.97. The van der Waals surface area contributed by atoms with Gasteiger partial charge in [0.2, 0.25) is 0 Å². The van der Waals surface area contributed by atoms with E-state index in [2.05, 4.69) is 9.71 Å². The molecule has 20 heavy (non-hydrogen) atoms. The molecule has 0 radical (unpaired) electrons. The molecule has 0 aliphatic rings. The molecule has 2 rings (SSSR count). The van der Waals surface area contributed by atoms with Crippen LogP contribution in [0.25, 0.3) is 0 Å². The first kappa shape index (κ1) is 14.1. The first-order chi connectivity index (χ1) is 9.42. The van der Waals surface area contributed by atoms with Crippen LogP contribution in [-0.4, -0.2) is 20.5 Å². The SMILES string of the molecule is COc1ccc(NS(=O)(=O)c2cncc(F)c2)cc1N. The fraction of sp³-hybridized carbons (Fsp3) is 0.0833. The summed E-state index contributed by atoms with van der Waals surface area (Å²) in [7, 11) is -2.47. The minimum Gasteiger partial charge on any atom is -0.495 e. The molecule has 0 saturated carbocycles. The van der Waals surface area contributed by atoms with Crippen molar-refractivity contribution in [3.05, 3.63) is 42.5 Å². The van der Waals surface area contributed by atoms with Crippen molar-refractivity contribution in [1.82, 2.24) is 4.98 Å². The van der Waals surface area contributed by atoms with Crippen LogP contribution >= 0.6 is 0 Å². The van der Waals surface area contributed by atoms with Crippen molar-refractivity contribution in [2.24, 2.45) is 0 Å². The largest absolute Gasteiger partial charge is 0.495 e. The Morgan fingerprint density at radius 2 is 2.05 bits per heavy atom. The van der Waals surface area contributed by atoms with Crippen LogP contribution in [0, 0.1) is 5.82 Å². The summed E-state index contributed by atoms with van der Waals surface area (Å²) in [4.78, 5) is 3.23. The molecule has 0 amide bonds. The van der Waals surface area contributed by atoms with E-state index in [4.69, 9.17) is 10.5 Å². The van der Waals surface area contributed by atoms with Crippen LogP contribution < -0.4 is 15.2 Å². The van der Waals surface area contributed by atoms with Crippen LogP contribution in [0.15, 0.2) is 41.6 Å². The average molecular weight is 297 g/mol. The van der Waals surface area contributed by atoms with Gasteiger partial charge in [-0.05, 0) is 24.3 Å². The van der Waals surface area contributed by atoms with E-state index in [1.165, 1.54) is 25.3 Å². The number of anilines is 2. The zero-order valence-electron chi connectivity index (χ0n) is 10.5. The summed E-state index contributed by atoms with van der Waals surface area (Å²) in [6.45, 7) is 0. The van der Waals surface area contributed by atoms with Crippen molar-refractivity contribution < 1.29 is 17.5 Å². The summed E-state index contributed by atoms with van der Waals surface area (Å²) in [5.41, 5.74) is 6.21. The highest BCUT2D eigenvalue weighted by molar-refractivity contribution is 7.92. The minimum atomic E-state index is -3.92. The molecule has 6 nitrogen and oxygen atoms in total. The van der Waals surface area contributed by atoms with Gasteiger partial charge in [-0.2, -0.15) is 0 Å². The van der Waals surface area contributed by atoms with Crippen molar-refractivity contribution >= 4 is 21.4 Å². The molecule has 0 aliphatic carbocycles. The number of ether oxygens (including phenoxy) is 1. The van der Waals surface area contributed by atoms with Gasteiger partial charge >= 0.3 is 0 Å². The van der Waals surface area contributed by atoms with Gasteiger partial charge in [0, 0.05) is 6.20 Å². The van der Waals surface area contributed by atoms with Crippen molar-refractivity contribution in [2.75, 3.05) is 17.6 Å². The predicted octanol–water partition coefficient (Wildman–Crippen LogP) is 1.61. The highest BCUT2D eigenvalue weighted by atomic mass is 32.2. The lowest BCUT2D eigenvalue weighted by atomic mass is 10.2. The number of nitrogens with two attached hydrogens (primary N) is 1. The molecule has 3 N–H and O–H groups in total. The van der Waals surface area contributed by atoms with Gasteiger partial charge in [0.25, 0.3) is 10.0 Å². The Hall–Kier alpha value is -2.35. The smallest absolute Gasteiger partial charge is 0.263 e. The first-order valence-electron chi connectivity index (χ1n) is 5.49. The third-order valence-corrected chi connectivity index (χ3v) is 3.82. The molecular weight excluding hydrogens is 285 g/mol. The zero-order valence-corrected chi connectivity index (χ0v) is 11.3. The van der Waals surface area contributed by atoms with Crippen LogP contribution in [-0.2, 0) is 10.0 Å². The van der Waals surface area contributed by atoms with E-state index in [0.29, 0.717) is 5.75 Å². The van der Waals surface area contributed by atoms with E-state index < -0.39 is 15.8 Å². The number of hydrogen-bond acceptors (Lipinski definition) is 5. The second-order valence-electron chi connectivity index (χ2n) is 3.90. The summed E-state index contributed by atoms with van der Waals surface area (Å²) in [6, 6.07) is 5.29. The maximum atomic E-state index is 13.0. The van der Waals surface area contributed by atoms with Crippen LogP contribution in [0.4, 0.5) is 15.8 Å². The highest BCUT2D eigenvalue weighted by Gasteiger charge is 2.16. The highest BCUT2D eigenvalue weighted by Crippen LogP contribution is 2.26. The zero-order chi connectivity index (χ0) is 14.8. The van der Waals surface area contributed by atoms with Crippen LogP contribution in [0.3, 0.4) is 0 Å². The predicted molar refractivity (Wildman–Crippen MR) is 72.4 cm³/mol. The Kier molecular flexibility index (Phi) is 3.75. The van der Waals surface area contributed by atoms with Gasteiger partial charge in [-0.15, -0.1) is 0 Å². The Bertz CT molecular complexity index is 734. The summed E-state index contributed by atoms with van der Waals surface area (Å²) in [5.74, 6) is -0.303. The van der Waals surface area contributed by atoms with Crippen LogP contribution in [0.2, 0.25) is 0 Å². The van der Waals surface area contributed by atoms with E-state index in [1.54, 1.807) is 0 Å². The third-order valence-electron chi connectivity index (χ3n) is 2.47. The van der Waals surface area contributed by atoms with Crippen LogP contribution in [0.1, 0.15) is 0 Å². The molecule has 0 spiro atoms. The second-order valence-corrected chi connectivity index (χ2v) is 5.58. The Labute approximate surface area is 115 Å². The molecule has 1 aromatic heterocycles. The maximum absolute atomic E-state index is 13.0. The molecule has 2 aromatic rings. The molecule has 1 aromatic carbocycles. The molecule has 106 valence electrons. The lowest BCUT2D eigenvalue weighted by molar-refractivity contribution is 0.417. The standard InChI is InChI=1S/C12H12FN3O3S/c1-19-12-3-2-9(5-11(12)14)16-20(17,18)10-4-8(13)6-15-7-10/h2-7,16H,14H2,1H3. The fourth-order valence-corrected chi connectivity index (χ4v) is 2.57. The number of nitrogen functional groups attached to an aromatic ring is 1. The maximum Gasteiger partial charge on any atom is 0.263 e. The summed E-state index contributed by atoms with van der Waals surface area (Å²) in [5, 5.41) is 0.